The molecule has 2 aromatic rings. The molecule has 1 aromatic carbocycles. The maximum atomic E-state index is 11.8. The number of pyridine rings is 1. The van der Waals surface area contributed by atoms with E-state index in [-0.39, 0.29) is 0 Å². The van der Waals surface area contributed by atoms with Gasteiger partial charge in [-0.1, -0.05) is 30.3 Å². The molecule has 0 aliphatic rings. The first-order chi connectivity index (χ1) is 7.79. The van der Waals surface area contributed by atoms with Gasteiger partial charge < -0.3 is 0 Å². The molecule has 0 saturated carbocycles. The van der Waals surface area contributed by atoms with E-state index in [1.54, 1.807) is 48.7 Å². The number of aromatic nitrogens is 1. The van der Waals surface area contributed by atoms with Gasteiger partial charge in [-0.2, -0.15) is 0 Å². The third-order valence-corrected chi connectivity index (χ3v) is 2.17. The highest BCUT2D eigenvalue weighted by atomic mass is 16.2. The zero-order valence-corrected chi connectivity index (χ0v) is 8.46. The summed E-state index contributed by atoms with van der Waals surface area (Å²) in [5, 5.41) is 0. The van der Waals surface area contributed by atoms with Crippen LogP contribution in [0.4, 0.5) is 0 Å². The first-order valence-electron chi connectivity index (χ1n) is 4.83. The molecule has 0 aliphatic heterocycles. The van der Waals surface area contributed by atoms with Crippen molar-refractivity contribution >= 4 is 11.6 Å². The van der Waals surface area contributed by atoms with Crippen LogP contribution in [0.2, 0.25) is 0 Å². The van der Waals surface area contributed by atoms with Gasteiger partial charge in [0.25, 0.3) is 0 Å². The number of ketones is 2. The lowest BCUT2D eigenvalue weighted by molar-refractivity contribution is 0.0816. The molecular formula is C13H9NO2. The smallest absolute Gasteiger partial charge is 0.235 e. The fourth-order valence-electron chi connectivity index (χ4n) is 1.35. The minimum absolute atomic E-state index is 0.316. The molecule has 1 heterocycles. The lowest BCUT2D eigenvalue weighted by atomic mass is 10.0. The van der Waals surface area contributed by atoms with E-state index in [4.69, 9.17) is 0 Å². The van der Waals surface area contributed by atoms with Crippen LogP contribution >= 0.6 is 0 Å². The average molecular weight is 211 g/mol. The van der Waals surface area contributed by atoms with Crippen LogP contribution in [0, 0.1) is 0 Å². The van der Waals surface area contributed by atoms with Crippen LogP contribution in [0.1, 0.15) is 20.7 Å². The van der Waals surface area contributed by atoms with Crippen molar-refractivity contribution in [1.82, 2.24) is 4.98 Å². The number of Topliss-reactive ketones (excluding diaryl/α,β-unsaturated/α-hetero) is 2. The van der Waals surface area contributed by atoms with Crippen LogP contribution in [0.5, 0.6) is 0 Å². The van der Waals surface area contributed by atoms with Gasteiger partial charge in [-0.25, -0.2) is 0 Å². The normalized spacial score (nSPS) is 9.75. The van der Waals surface area contributed by atoms with E-state index in [1.807, 2.05) is 0 Å². The Bertz CT molecular complexity index is 456. The van der Waals surface area contributed by atoms with Crippen molar-refractivity contribution in [3.05, 3.63) is 66.0 Å². The predicted molar refractivity (Wildman–Crippen MR) is 59.3 cm³/mol. The van der Waals surface area contributed by atoms with Crippen molar-refractivity contribution in [3.63, 3.8) is 0 Å². The topological polar surface area (TPSA) is 47.0 Å². The molecule has 0 saturated heterocycles. The molecule has 78 valence electrons. The number of hydrogen-bond acceptors (Lipinski definition) is 3. The largest absolute Gasteiger partial charge is 0.285 e. The lowest BCUT2D eigenvalue weighted by Gasteiger charge is -1.99. The zero-order chi connectivity index (χ0) is 11.4. The Hall–Kier alpha value is -2.29. The first kappa shape index (κ1) is 10.2. The second kappa shape index (κ2) is 4.49. The van der Waals surface area contributed by atoms with E-state index < -0.39 is 11.6 Å². The molecule has 0 amide bonds. The summed E-state index contributed by atoms with van der Waals surface area (Å²) in [6, 6.07) is 11.7. The van der Waals surface area contributed by atoms with Gasteiger partial charge >= 0.3 is 0 Å². The standard InChI is InChI=1S/C13H9NO2/c15-12(10-5-2-1-3-6-10)13(16)11-7-4-8-14-9-11/h1-9H. The highest BCUT2D eigenvalue weighted by molar-refractivity contribution is 6.49. The molecule has 0 aliphatic carbocycles. The van der Waals surface area contributed by atoms with E-state index in [9.17, 15) is 9.59 Å². The second-order valence-electron chi connectivity index (χ2n) is 3.27. The summed E-state index contributed by atoms with van der Waals surface area (Å²) in [7, 11) is 0. The molecular weight excluding hydrogens is 202 g/mol. The molecule has 0 unspecified atom stereocenters. The maximum absolute atomic E-state index is 11.8. The number of carbonyl (C=O) groups excluding carboxylic acids is 2. The third-order valence-electron chi connectivity index (χ3n) is 2.17. The average Bonchev–Trinajstić information content (AvgIpc) is 2.39. The van der Waals surface area contributed by atoms with E-state index in [0.29, 0.717) is 11.1 Å². The summed E-state index contributed by atoms with van der Waals surface area (Å²) in [4.78, 5) is 27.3. The van der Waals surface area contributed by atoms with Crippen molar-refractivity contribution in [2.75, 3.05) is 0 Å². The summed E-state index contributed by atoms with van der Waals surface area (Å²) in [5.74, 6) is -1.03. The van der Waals surface area contributed by atoms with Gasteiger partial charge in [0.1, 0.15) is 0 Å². The van der Waals surface area contributed by atoms with E-state index in [1.165, 1.54) is 6.20 Å². The lowest BCUT2D eigenvalue weighted by Crippen LogP contribution is -2.14. The minimum Gasteiger partial charge on any atom is -0.285 e. The molecule has 3 nitrogen and oxygen atoms in total. The molecule has 0 fully saturated rings. The molecule has 0 bridgehead atoms. The van der Waals surface area contributed by atoms with Crippen molar-refractivity contribution < 1.29 is 9.59 Å². The Kier molecular flexibility index (Phi) is 2.87. The fraction of sp³-hybridized carbons (Fsp3) is 0. The Morgan fingerprint density at radius 3 is 2.06 bits per heavy atom. The third kappa shape index (κ3) is 2.03. The van der Waals surface area contributed by atoms with E-state index in [0.717, 1.165) is 0 Å². The molecule has 16 heavy (non-hydrogen) atoms. The number of carbonyl (C=O) groups is 2. The zero-order valence-electron chi connectivity index (χ0n) is 8.46. The summed E-state index contributed by atoms with van der Waals surface area (Å²) in [6.07, 6.45) is 2.95. The van der Waals surface area contributed by atoms with Gasteiger partial charge in [0.15, 0.2) is 0 Å². The summed E-state index contributed by atoms with van der Waals surface area (Å²) < 4.78 is 0. The molecule has 0 N–H and O–H groups in total. The van der Waals surface area contributed by atoms with Gasteiger partial charge in [0.05, 0.1) is 0 Å². The minimum atomic E-state index is -0.528. The van der Waals surface area contributed by atoms with Crippen LogP contribution in [0.3, 0.4) is 0 Å². The number of benzene rings is 1. The summed E-state index contributed by atoms with van der Waals surface area (Å²) in [6.45, 7) is 0. The molecule has 0 spiro atoms. The number of nitrogens with zero attached hydrogens (tertiary/aromatic N) is 1. The predicted octanol–water partition coefficient (Wildman–Crippen LogP) is 2.15. The second-order valence-corrected chi connectivity index (χ2v) is 3.27. The molecule has 1 aromatic heterocycles. The SMILES string of the molecule is O=C(C(=O)c1cccnc1)c1ccccc1. The fourth-order valence-corrected chi connectivity index (χ4v) is 1.35. The molecule has 0 radical (unpaired) electrons. The quantitative estimate of drug-likeness (QED) is 0.577. The Morgan fingerprint density at radius 2 is 1.44 bits per heavy atom. The van der Waals surface area contributed by atoms with Crippen LogP contribution in [-0.4, -0.2) is 16.6 Å². The van der Waals surface area contributed by atoms with Crippen molar-refractivity contribution in [3.8, 4) is 0 Å². The summed E-state index contributed by atoms with van der Waals surface area (Å²) >= 11 is 0. The highest BCUT2D eigenvalue weighted by Crippen LogP contribution is 2.06. The van der Waals surface area contributed by atoms with E-state index >= 15 is 0 Å². The van der Waals surface area contributed by atoms with Gasteiger partial charge in [-0.05, 0) is 12.1 Å². The van der Waals surface area contributed by atoms with Gasteiger partial charge in [0, 0.05) is 23.5 Å². The molecule has 3 heteroatoms. The molecule has 2 rings (SSSR count). The van der Waals surface area contributed by atoms with Gasteiger partial charge in [-0.3, -0.25) is 14.6 Å². The highest BCUT2D eigenvalue weighted by Gasteiger charge is 2.17. The number of rotatable bonds is 3. The first-order valence-corrected chi connectivity index (χ1v) is 4.83. The van der Waals surface area contributed by atoms with Crippen molar-refractivity contribution in [2.24, 2.45) is 0 Å². The maximum Gasteiger partial charge on any atom is 0.235 e. The van der Waals surface area contributed by atoms with Crippen LogP contribution < -0.4 is 0 Å². The Labute approximate surface area is 92.8 Å². The summed E-state index contributed by atoms with van der Waals surface area (Å²) in [5.41, 5.74) is 0.715. The van der Waals surface area contributed by atoms with E-state index in [2.05, 4.69) is 4.98 Å². The Balaban J connectivity index is 2.28. The van der Waals surface area contributed by atoms with Crippen LogP contribution in [0.25, 0.3) is 0 Å². The number of hydrogen-bond donors (Lipinski definition) is 0. The molecule has 0 atom stereocenters. The van der Waals surface area contributed by atoms with Crippen LogP contribution in [-0.2, 0) is 0 Å². The van der Waals surface area contributed by atoms with Crippen LogP contribution in [0.15, 0.2) is 54.9 Å². The van der Waals surface area contributed by atoms with Crippen molar-refractivity contribution in [2.45, 2.75) is 0 Å². The van der Waals surface area contributed by atoms with Crippen molar-refractivity contribution in [1.29, 1.82) is 0 Å². The monoisotopic (exact) mass is 211 g/mol. The van der Waals surface area contributed by atoms with Gasteiger partial charge in [0.2, 0.25) is 11.6 Å². The Morgan fingerprint density at radius 1 is 0.812 bits per heavy atom. The van der Waals surface area contributed by atoms with Gasteiger partial charge in [-0.15, -0.1) is 0 Å².